The predicted octanol–water partition coefficient (Wildman–Crippen LogP) is 4.44. The smallest absolute Gasteiger partial charge is 0.127 e. The lowest BCUT2D eigenvalue weighted by Gasteiger charge is -2.18. The molecule has 0 amide bonds. The average Bonchev–Trinajstić information content (AvgIpc) is 2.86. The van der Waals surface area contributed by atoms with Crippen LogP contribution in [0.2, 0.25) is 0 Å². The third-order valence-electron chi connectivity index (χ3n) is 3.81. The van der Waals surface area contributed by atoms with Crippen molar-refractivity contribution < 1.29 is 4.74 Å². The minimum Gasteiger partial charge on any atom is -0.493 e. The molecule has 106 valence electrons. The van der Waals surface area contributed by atoms with Gasteiger partial charge in [-0.1, -0.05) is 42.6 Å². The highest BCUT2D eigenvalue weighted by Crippen LogP contribution is 2.33. The standard InChI is InChI=1S/C16H24BrNO/c1-3-5-6-15(4-2)18-11-13-10-14(17)9-12-7-8-19-16(12)13/h9-10,15,18H,3-8,11H2,1-2H3. The van der Waals surface area contributed by atoms with Crippen LogP contribution in [0.25, 0.3) is 0 Å². The molecule has 0 aromatic heterocycles. The number of hydrogen-bond donors (Lipinski definition) is 1. The van der Waals surface area contributed by atoms with Crippen LogP contribution in [0.1, 0.15) is 50.7 Å². The lowest BCUT2D eigenvalue weighted by Crippen LogP contribution is -2.28. The van der Waals surface area contributed by atoms with E-state index < -0.39 is 0 Å². The number of rotatable bonds is 7. The maximum Gasteiger partial charge on any atom is 0.127 e. The predicted molar refractivity (Wildman–Crippen MR) is 83.8 cm³/mol. The highest BCUT2D eigenvalue weighted by Gasteiger charge is 2.17. The van der Waals surface area contributed by atoms with Crippen molar-refractivity contribution >= 4 is 15.9 Å². The molecule has 3 heteroatoms. The van der Waals surface area contributed by atoms with E-state index in [1.165, 1.54) is 36.8 Å². The Bertz CT molecular complexity index is 419. The van der Waals surface area contributed by atoms with Crippen molar-refractivity contribution in [2.24, 2.45) is 0 Å². The first-order valence-electron chi connectivity index (χ1n) is 7.42. The van der Waals surface area contributed by atoms with Gasteiger partial charge in [-0.25, -0.2) is 0 Å². The molecule has 0 radical (unpaired) electrons. The number of nitrogens with one attached hydrogen (secondary N) is 1. The first-order valence-corrected chi connectivity index (χ1v) is 8.21. The third kappa shape index (κ3) is 3.96. The summed E-state index contributed by atoms with van der Waals surface area (Å²) in [6.45, 7) is 6.24. The largest absolute Gasteiger partial charge is 0.493 e. The zero-order valence-corrected chi connectivity index (χ0v) is 13.6. The summed E-state index contributed by atoms with van der Waals surface area (Å²) in [7, 11) is 0. The third-order valence-corrected chi connectivity index (χ3v) is 4.26. The highest BCUT2D eigenvalue weighted by molar-refractivity contribution is 9.10. The lowest BCUT2D eigenvalue weighted by molar-refractivity contribution is 0.350. The fraction of sp³-hybridized carbons (Fsp3) is 0.625. The van der Waals surface area contributed by atoms with Crippen molar-refractivity contribution in [2.75, 3.05) is 6.61 Å². The van der Waals surface area contributed by atoms with E-state index in [1.807, 2.05) is 0 Å². The maximum absolute atomic E-state index is 5.77. The van der Waals surface area contributed by atoms with Crippen LogP contribution < -0.4 is 10.1 Å². The Hall–Kier alpha value is -0.540. The number of fused-ring (bicyclic) bond motifs is 1. The van der Waals surface area contributed by atoms with E-state index in [4.69, 9.17) is 4.74 Å². The van der Waals surface area contributed by atoms with Crippen LogP contribution in [0, 0.1) is 0 Å². The van der Waals surface area contributed by atoms with Crippen molar-refractivity contribution in [3.8, 4) is 5.75 Å². The van der Waals surface area contributed by atoms with Gasteiger partial charge in [0.2, 0.25) is 0 Å². The molecule has 0 aliphatic carbocycles. The molecular formula is C16H24BrNO. The van der Waals surface area contributed by atoms with E-state index in [9.17, 15) is 0 Å². The summed E-state index contributed by atoms with van der Waals surface area (Å²) < 4.78 is 6.93. The lowest BCUT2D eigenvalue weighted by atomic mass is 10.1. The zero-order chi connectivity index (χ0) is 13.7. The fourth-order valence-electron chi connectivity index (χ4n) is 2.63. The van der Waals surface area contributed by atoms with Gasteiger partial charge in [0.05, 0.1) is 6.61 Å². The van der Waals surface area contributed by atoms with Crippen molar-refractivity contribution in [1.82, 2.24) is 5.32 Å². The van der Waals surface area contributed by atoms with Gasteiger partial charge in [0.25, 0.3) is 0 Å². The maximum atomic E-state index is 5.77. The van der Waals surface area contributed by atoms with E-state index in [1.54, 1.807) is 0 Å². The van der Waals surface area contributed by atoms with Crippen molar-refractivity contribution in [1.29, 1.82) is 0 Å². The molecule has 1 aliphatic rings. The van der Waals surface area contributed by atoms with Gasteiger partial charge in [-0.15, -0.1) is 0 Å². The first-order chi connectivity index (χ1) is 9.24. The quantitative estimate of drug-likeness (QED) is 0.800. The molecule has 19 heavy (non-hydrogen) atoms. The molecule has 1 N–H and O–H groups in total. The Morgan fingerprint density at radius 2 is 2.21 bits per heavy atom. The van der Waals surface area contributed by atoms with Gasteiger partial charge in [0, 0.05) is 29.0 Å². The molecular weight excluding hydrogens is 302 g/mol. The highest BCUT2D eigenvalue weighted by atomic mass is 79.9. The normalized spacial score (nSPS) is 15.1. The van der Waals surface area contributed by atoms with Crippen molar-refractivity contribution in [3.63, 3.8) is 0 Å². The van der Waals surface area contributed by atoms with Crippen LogP contribution in [-0.4, -0.2) is 12.6 Å². The molecule has 0 bridgehead atoms. The number of unbranched alkanes of at least 4 members (excludes halogenated alkanes) is 1. The second kappa shape index (κ2) is 7.30. The molecule has 1 atom stereocenters. The summed E-state index contributed by atoms with van der Waals surface area (Å²) in [4.78, 5) is 0. The summed E-state index contributed by atoms with van der Waals surface area (Å²) in [6.07, 6.45) is 6.07. The van der Waals surface area contributed by atoms with E-state index in [0.29, 0.717) is 6.04 Å². The Labute approximate surface area is 125 Å². The van der Waals surface area contributed by atoms with Gasteiger partial charge in [-0.3, -0.25) is 0 Å². The molecule has 1 unspecified atom stereocenters. The monoisotopic (exact) mass is 325 g/mol. The van der Waals surface area contributed by atoms with Crippen LogP contribution >= 0.6 is 15.9 Å². The van der Waals surface area contributed by atoms with E-state index in [2.05, 4.69) is 47.2 Å². The van der Waals surface area contributed by atoms with Gasteiger partial charge in [-0.05, 0) is 30.5 Å². The Morgan fingerprint density at radius 1 is 1.37 bits per heavy atom. The molecule has 0 spiro atoms. The molecule has 2 nitrogen and oxygen atoms in total. The molecule has 1 aromatic carbocycles. The summed E-state index contributed by atoms with van der Waals surface area (Å²) in [6, 6.07) is 4.99. The van der Waals surface area contributed by atoms with Crippen LogP contribution in [0.3, 0.4) is 0 Å². The van der Waals surface area contributed by atoms with Crippen LogP contribution in [0.5, 0.6) is 5.75 Å². The van der Waals surface area contributed by atoms with Gasteiger partial charge in [0.15, 0.2) is 0 Å². The molecule has 0 saturated carbocycles. The Balaban J connectivity index is 1.99. The summed E-state index contributed by atoms with van der Waals surface area (Å²) in [5.41, 5.74) is 2.63. The SMILES string of the molecule is CCCCC(CC)NCc1cc(Br)cc2c1OCC2. The van der Waals surface area contributed by atoms with E-state index >= 15 is 0 Å². The first kappa shape index (κ1) is 14.9. The van der Waals surface area contributed by atoms with Gasteiger partial charge >= 0.3 is 0 Å². The molecule has 2 rings (SSSR count). The van der Waals surface area contributed by atoms with E-state index in [-0.39, 0.29) is 0 Å². The van der Waals surface area contributed by atoms with Crippen LogP contribution in [-0.2, 0) is 13.0 Å². The molecule has 0 saturated heterocycles. The van der Waals surface area contributed by atoms with Gasteiger partial charge < -0.3 is 10.1 Å². The molecule has 1 aliphatic heterocycles. The number of hydrogen-bond acceptors (Lipinski definition) is 2. The second-order valence-corrected chi connectivity index (χ2v) is 6.20. The molecule has 1 aromatic rings. The zero-order valence-electron chi connectivity index (χ0n) is 12.0. The minimum absolute atomic E-state index is 0.621. The van der Waals surface area contributed by atoms with Crippen molar-refractivity contribution in [3.05, 3.63) is 27.7 Å². The number of ether oxygens (including phenoxy) is 1. The van der Waals surface area contributed by atoms with Gasteiger partial charge in [-0.2, -0.15) is 0 Å². The van der Waals surface area contributed by atoms with Gasteiger partial charge in [0.1, 0.15) is 5.75 Å². The number of benzene rings is 1. The number of halogens is 1. The second-order valence-electron chi connectivity index (χ2n) is 5.28. The summed E-state index contributed by atoms with van der Waals surface area (Å²) in [5, 5.41) is 3.68. The summed E-state index contributed by atoms with van der Waals surface area (Å²) in [5.74, 6) is 1.11. The Kier molecular flexibility index (Phi) is 5.71. The van der Waals surface area contributed by atoms with Crippen LogP contribution in [0.15, 0.2) is 16.6 Å². The van der Waals surface area contributed by atoms with E-state index in [0.717, 1.165) is 29.8 Å². The van der Waals surface area contributed by atoms with Crippen molar-refractivity contribution in [2.45, 2.75) is 58.5 Å². The molecule has 0 fully saturated rings. The average molecular weight is 326 g/mol. The van der Waals surface area contributed by atoms with Crippen LogP contribution in [0.4, 0.5) is 0 Å². The molecule has 1 heterocycles. The Morgan fingerprint density at radius 3 is 2.95 bits per heavy atom. The fourth-order valence-corrected chi connectivity index (χ4v) is 3.19. The summed E-state index contributed by atoms with van der Waals surface area (Å²) >= 11 is 3.60. The minimum atomic E-state index is 0.621. The topological polar surface area (TPSA) is 21.3 Å².